The standard InChI is InChI=1S/C19H23NO3/c1-3-17(23-18-7-5-4-6-14(18)2)13-20-12-15-8-10-16(11-9-15)19(21)22/h4-11,17,20H,3,12-13H2,1-2H3,(H,21,22). The number of para-hydroxylation sites is 1. The lowest BCUT2D eigenvalue weighted by molar-refractivity contribution is 0.0697. The van der Waals surface area contributed by atoms with Gasteiger partial charge < -0.3 is 15.2 Å². The number of aromatic carboxylic acids is 1. The lowest BCUT2D eigenvalue weighted by atomic mass is 10.1. The molecule has 0 aliphatic carbocycles. The Labute approximate surface area is 137 Å². The summed E-state index contributed by atoms with van der Waals surface area (Å²) in [5.41, 5.74) is 2.50. The number of ether oxygens (including phenoxy) is 1. The number of benzene rings is 2. The minimum absolute atomic E-state index is 0.106. The van der Waals surface area contributed by atoms with Gasteiger partial charge in [-0.15, -0.1) is 0 Å². The highest BCUT2D eigenvalue weighted by molar-refractivity contribution is 5.87. The number of rotatable bonds is 8. The normalized spacial score (nSPS) is 11.9. The lowest BCUT2D eigenvalue weighted by Gasteiger charge is -2.19. The van der Waals surface area contributed by atoms with E-state index in [1.54, 1.807) is 12.1 Å². The molecular formula is C19H23NO3. The predicted molar refractivity (Wildman–Crippen MR) is 91.0 cm³/mol. The van der Waals surface area contributed by atoms with Gasteiger partial charge in [0.05, 0.1) is 5.56 Å². The first-order chi connectivity index (χ1) is 11.1. The Balaban J connectivity index is 1.83. The van der Waals surface area contributed by atoms with E-state index in [0.717, 1.165) is 29.8 Å². The number of carbonyl (C=O) groups is 1. The van der Waals surface area contributed by atoms with Gasteiger partial charge in [0.25, 0.3) is 0 Å². The van der Waals surface area contributed by atoms with Gasteiger partial charge in [0.1, 0.15) is 11.9 Å². The number of carboxylic acids is 1. The van der Waals surface area contributed by atoms with Crippen molar-refractivity contribution < 1.29 is 14.6 Å². The fourth-order valence-electron chi connectivity index (χ4n) is 2.28. The van der Waals surface area contributed by atoms with Crippen molar-refractivity contribution in [1.82, 2.24) is 5.32 Å². The molecule has 23 heavy (non-hydrogen) atoms. The van der Waals surface area contributed by atoms with E-state index in [4.69, 9.17) is 9.84 Å². The summed E-state index contributed by atoms with van der Waals surface area (Å²) in [4.78, 5) is 10.8. The number of hydrogen-bond donors (Lipinski definition) is 2. The van der Waals surface area contributed by atoms with Gasteiger partial charge in [-0.05, 0) is 42.7 Å². The highest BCUT2D eigenvalue weighted by Crippen LogP contribution is 2.18. The van der Waals surface area contributed by atoms with E-state index in [0.29, 0.717) is 12.1 Å². The first kappa shape index (κ1) is 17.0. The molecule has 2 N–H and O–H groups in total. The molecule has 1 unspecified atom stereocenters. The topological polar surface area (TPSA) is 58.6 Å². The molecule has 0 aromatic heterocycles. The number of carboxylic acid groups (broad SMARTS) is 1. The minimum atomic E-state index is -0.901. The van der Waals surface area contributed by atoms with Crippen LogP contribution in [0.2, 0.25) is 0 Å². The molecule has 0 heterocycles. The third-order valence-electron chi connectivity index (χ3n) is 3.74. The van der Waals surface area contributed by atoms with Crippen LogP contribution >= 0.6 is 0 Å². The molecule has 0 bridgehead atoms. The van der Waals surface area contributed by atoms with Crippen LogP contribution in [0.5, 0.6) is 5.75 Å². The van der Waals surface area contributed by atoms with Gasteiger partial charge in [-0.1, -0.05) is 37.3 Å². The summed E-state index contributed by atoms with van der Waals surface area (Å²) in [5, 5.41) is 12.3. The summed E-state index contributed by atoms with van der Waals surface area (Å²) in [5.74, 6) is 0.0224. The smallest absolute Gasteiger partial charge is 0.335 e. The maximum atomic E-state index is 10.8. The minimum Gasteiger partial charge on any atom is -0.489 e. The fraction of sp³-hybridized carbons (Fsp3) is 0.316. The van der Waals surface area contributed by atoms with Crippen LogP contribution in [0.1, 0.15) is 34.8 Å². The van der Waals surface area contributed by atoms with Crippen LogP contribution in [-0.2, 0) is 6.54 Å². The average molecular weight is 313 g/mol. The zero-order valence-corrected chi connectivity index (χ0v) is 13.6. The van der Waals surface area contributed by atoms with E-state index in [1.165, 1.54) is 0 Å². The molecular weight excluding hydrogens is 290 g/mol. The van der Waals surface area contributed by atoms with E-state index < -0.39 is 5.97 Å². The molecule has 0 radical (unpaired) electrons. The maximum Gasteiger partial charge on any atom is 0.335 e. The van der Waals surface area contributed by atoms with E-state index in [9.17, 15) is 4.79 Å². The second kappa shape index (κ2) is 8.34. The fourth-order valence-corrected chi connectivity index (χ4v) is 2.28. The van der Waals surface area contributed by atoms with E-state index in [1.807, 2.05) is 43.3 Å². The molecule has 2 aromatic carbocycles. The van der Waals surface area contributed by atoms with Crippen LogP contribution in [0.4, 0.5) is 0 Å². The number of hydrogen-bond acceptors (Lipinski definition) is 3. The van der Waals surface area contributed by atoms with E-state index >= 15 is 0 Å². The largest absolute Gasteiger partial charge is 0.489 e. The molecule has 1 atom stereocenters. The third-order valence-corrected chi connectivity index (χ3v) is 3.74. The van der Waals surface area contributed by atoms with Crippen LogP contribution in [0.3, 0.4) is 0 Å². The molecule has 0 saturated carbocycles. The van der Waals surface area contributed by atoms with Gasteiger partial charge in [0, 0.05) is 13.1 Å². The van der Waals surface area contributed by atoms with Crippen molar-refractivity contribution in [3.8, 4) is 5.75 Å². The summed E-state index contributed by atoms with van der Waals surface area (Å²) < 4.78 is 6.04. The second-order valence-electron chi connectivity index (χ2n) is 5.55. The summed E-state index contributed by atoms with van der Waals surface area (Å²) in [6.07, 6.45) is 1.02. The quantitative estimate of drug-likeness (QED) is 0.781. The molecule has 0 aliphatic heterocycles. The van der Waals surface area contributed by atoms with Crippen molar-refractivity contribution in [1.29, 1.82) is 0 Å². The first-order valence-electron chi connectivity index (χ1n) is 7.85. The molecule has 4 nitrogen and oxygen atoms in total. The average Bonchev–Trinajstić information content (AvgIpc) is 2.56. The molecule has 0 fully saturated rings. The van der Waals surface area contributed by atoms with Crippen molar-refractivity contribution in [3.05, 3.63) is 65.2 Å². The zero-order valence-electron chi connectivity index (χ0n) is 13.6. The van der Waals surface area contributed by atoms with Crippen molar-refractivity contribution in [2.75, 3.05) is 6.54 Å². The van der Waals surface area contributed by atoms with Gasteiger partial charge in [0.15, 0.2) is 0 Å². The van der Waals surface area contributed by atoms with Crippen molar-refractivity contribution in [3.63, 3.8) is 0 Å². The van der Waals surface area contributed by atoms with Gasteiger partial charge in [-0.25, -0.2) is 4.79 Å². The molecule has 0 spiro atoms. The Bertz CT molecular complexity index is 637. The maximum absolute atomic E-state index is 10.8. The summed E-state index contributed by atoms with van der Waals surface area (Å²) >= 11 is 0. The van der Waals surface area contributed by atoms with Crippen molar-refractivity contribution >= 4 is 5.97 Å². The van der Waals surface area contributed by atoms with Gasteiger partial charge in [-0.3, -0.25) is 0 Å². The van der Waals surface area contributed by atoms with E-state index in [2.05, 4.69) is 12.2 Å². The summed E-state index contributed by atoms with van der Waals surface area (Å²) in [6, 6.07) is 14.9. The highest BCUT2D eigenvalue weighted by atomic mass is 16.5. The third kappa shape index (κ3) is 5.11. The molecule has 4 heteroatoms. The Morgan fingerprint density at radius 2 is 1.87 bits per heavy atom. The molecule has 0 amide bonds. The molecule has 0 aliphatic rings. The van der Waals surface area contributed by atoms with Crippen LogP contribution in [-0.4, -0.2) is 23.7 Å². The predicted octanol–water partition coefficient (Wildman–Crippen LogP) is 3.64. The SMILES string of the molecule is CCC(CNCc1ccc(C(=O)O)cc1)Oc1ccccc1C. The Morgan fingerprint density at radius 1 is 1.17 bits per heavy atom. The molecule has 0 saturated heterocycles. The monoisotopic (exact) mass is 313 g/mol. The highest BCUT2D eigenvalue weighted by Gasteiger charge is 2.09. The van der Waals surface area contributed by atoms with Crippen LogP contribution in [0.15, 0.2) is 48.5 Å². The molecule has 2 aromatic rings. The van der Waals surface area contributed by atoms with Crippen LogP contribution in [0.25, 0.3) is 0 Å². The molecule has 122 valence electrons. The summed E-state index contributed by atoms with van der Waals surface area (Å²) in [7, 11) is 0. The van der Waals surface area contributed by atoms with E-state index in [-0.39, 0.29) is 6.10 Å². The van der Waals surface area contributed by atoms with Crippen molar-refractivity contribution in [2.45, 2.75) is 32.9 Å². The molecule has 2 rings (SSSR count). The number of nitrogens with one attached hydrogen (secondary N) is 1. The van der Waals surface area contributed by atoms with Gasteiger partial charge in [-0.2, -0.15) is 0 Å². The Morgan fingerprint density at radius 3 is 2.48 bits per heavy atom. The Hall–Kier alpha value is -2.33. The van der Waals surface area contributed by atoms with Gasteiger partial charge >= 0.3 is 5.97 Å². The first-order valence-corrected chi connectivity index (χ1v) is 7.85. The zero-order chi connectivity index (χ0) is 16.7. The van der Waals surface area contributed by atoms with Gasteiger partial charge in [0.2, 0.25) is 0 Å². The second-order valence-corrected chi connectivity index (χ2v) is 5.55. The van der Waals surface area contributed by atoms with Crippen LogP contribution < -0.4 is 10.1 Å². The summed E-state index contributed by atoms with van der Waals surface area (Å²) in [6.45, 7) is 5.57. The number of aryl methyl sites for hydroxylation is 1. The van der Waals surface area contributed by atoms with Crippen molar-refractivity contribution in [2.24, 2.45) is 0 Å². The Kier molecular flexibility index (Phi) is 6.18. The van der Waals surface area contributed by atoms with Crippen LogP contribution in [0, 0.1) is 6.92 Å². The lowest BCUT2D eigenvalue weighted by Crippen LogP contribution is -2.30.